The number of hydrogen-bond acceptors (Lipinski definition) is 6. The molecule has 148 valence electrons. The van der Waals surface area contributed by atoms with Gasteiger partial charge in [0.15, 0.2) is 0 Å². The summed E-state index contributed by atoms with van der Waals surface area (Å²) in [5.41, 5.74) is 1.27. The maximum atomic E-state index is 12.5. The molecule has 8 nitrogen and oxygen atoms in total. The number of sulfonamides is 1. The van der Waals surface area contributed by atoms with Crippen LogP contribution in [-0.4, -0.2) is 55.3 Å². The summed E-state index contributed by atoms with van der Waals surface area (Å²) in [6, 6.07) is 6.13. The Bertz CT molecular complexity index is 871. The highest BCUT2D eigenvalue weighted by molar-refractivity contribution is 7.92. The van der Waals surface area contributed by atoms with Gasteiger partial charge in [-0.25, -0.2) is 13.2 Å². The van der Waals surface area contributed by atoms with Gasteiger partial charge >= 0.3 is 5.97 Å². The second-order valence-electron chi connectivity index (χ2n) is 6.06. The monoisotopic (exact) mass is 394 g/mol. The summed E-state index contributed by atoms with van der Waals surface area (Å²) in [7, 11) is -2.07. The molecule has 2 rings (SSSR count). The van der Waals surface area contributed by atoms with E-state index in [-0.39, 0.29) is 4.90 Å². The van der Waals surface area contributed by atoms with Crippen molar-refractivity contribution in [2.45, 2.75) is 25.7 Å². The highest BCUT2D eigenvalue weighted by Crippen LogP contribution is 2.19. The molecule has 0 radical (unpaired) electrons. The van der Waals surface area contributed by atoms with E-state index in [0.717, 1.165) is 13.1 Å². The maximum Gasteiger partial charge on any atom is 0.338 e. The minimum Gasteiger partial charge on any atom is -0.461 e. The Hall–Kier alpha value is -2.39. The van der Waals surface area contributed by atoms with E-state index in [9.17, 15) is 13.2 Å². The summed E-state index contributed by atoms with van der Waals surface area (Å²) in [5, 5.41) is 3.95. The standard InChI is InChI=1S/C18H26N4O4S/c1-5-22(6-2)11-12-26-18(23)15-7-9-16(10-8-15)20-27(24,25)17-13-19-21(4)14(17)3/h7-10,13,20H,5-6,11-12H2,1-4H3. The van der Waals surface area contributed by atoms with Crippen LogP contribution in [0.25, 0.3) is 0 Å². The van der Waals surface area contributed by atoms with E-state index >= 15 is 0 Å². The van der Waals surface area contributed by atoms with Gasteiger partial charge in [0.2, 0.25) is 0 Å². The molecule has 0 bridgehead atoms. The van der Waals surface area contributed by atoms with Crippen LogP contribution in [0.15, 0.2) is 35.4 Å². The first-order chi connectivity index (χ1) is 12.8. The third-order valence-electron chi connectivity index (χ3n) is 4.39. The van der Waals surface area contributed by atoms with Crippen LogP contribution in [0.2, 0.25) is 0 Å². The van der Waals surface area contributed by atoms with Crippen molar-refractivity contribution >= 4 is 21.7 Å². The summed E-state index contributed by atoms with van der Waals surface area (Å²) < 4.78 is 34.2. The van der Waals surface area contributed by atoms with Crippen LogP contribution in [0, 0.1) is 6.92 Å². The molecule has 0 saturated carbocycles. The Morgan fingerprint density at radius 3 is 2.37 bits per heavy atom. The molecule has 1 aromatic carbocycles. The van der Waals surface area contributed by atoms with Crippen molar-refractivity contribution in [1.29, 1.82) is 0 Å². The molecule has 0 unspecified atom stereocenters. The first-order valence-corrected chi connectivity index (χ1v) is 10.3. The minimum absolute atomic E-state index is 0.116. The van der Waals surface area contributed by atoms with Crippen LogP contribution in [-0.2, 0) is 21.8 Å². The van der Waals surface area contributed by atoms with E-state index < -0.39 is 16.0 Å². The van der Waals surface area contributed by atoms with Crippen LogP contribution in [0.1, 0.15) is 29.9 Å². The lowest BCUT2D eigenvalue weighted by atomic mass is 10.2. The number of nitrogens with one attached hydrogen (secondary N) is 1. The van der Waals surface area contributed by atoms with Gasteiger partial charge in [-0.2, -0.15) is 5.10 Å². The van der Waals surface area contributed by atoms with Gasteiger partial charge in [-0.05, 0) is 44.3 Å². The normalized spacial score (nSPS) is 11.6. The molecule has 2 aromatic rings. The molecule has 0 atom stereocenters. The van der Waals surface area contributed by atoms with Crippen LogP contribution >= 0.6 is 0 Å². The second-order valence-corrected chi connectivity index (χ2v) is 7.71. The number of carbonyl (C=O) groups excluding carboxylic acids is 1. The minimum atomic E-state index is -3.74. The lowest BCUT2D eigenvalue weighted by molar-refractivity contribution is 0.0466. The van der Waals surface area contributed by atoms with Crippen molar-refractivity contribution in [1.82, 2.24) is 14.7 Å². The van der Waals surface area contributed by atoms with Crippen LogP contribution in [0.5, 0.6) is 0 Å². The average molecular weight is 394 g/mol. The number of likely N-dealkylation sites (N-methyl/N-ethyl adjacent to an activating group) is 1. The molecular formula is C18H26N4O4S. The Morgan fingerprint density at radius 1 is 1.22 bits per heavy atom. The zero-order valence-electron chi connectivity index (χ0n) is 16.1. The van der Waals surface area contributed by atoms with Crippen LogP contribution < -0.4 is 4.72 Å². The third-order valence-corrected chi connectivity index (χ3v) is 5.87. The fourth-order valence-electron chi connectivity index (χ4n) is 2.52. The number of ether oxygens (including phenoxy) is 1. The second kappa shape index (κ2) is 9.01. The van der Waals surface area contributed by atoms with Crippen molar-refractivity contribution < 1.29 is 17.9 Å². The van der Waals surface area contributed by atoms with Gasteiger partial charge < -0.3 is 9.64 Å². The van der Waals surface area contributed by atoms with E-state index in [0.29, 0.717) is 30.1 Å². The first kappa shape index (κ1) is 20.9. The number of anilines is 1. The van der Waals surface area contributed by atoms with Gasteiger partial charge in [0.25, 0.3) is 10.0 Å². The van der Waals surface area contributed by atoms with Crippen molar-refractivity contribution in [2.75, 3.05) is 31.0 Å². The van der Waals surface area contributed by atoms with Gasteiger partial charge in [0.05, 0.1) is 17.5 Å². The van der Waals surface area contributed by atoms with Crippen LogP contribution in [0.3, 0.4) is 0 Å². The number of esters is 1. The molecular weight excluding hydrogens is 368 g/mol. The number of aromatic nitrogens is 2. The van der Waals surface area contributed by atoms with Crippen molar-refractivity contribution in [3.63, 3.8) is 0 Å². The molecule has 0 fully saturated rings. The summed E-state index contributed by atoms with van der Waals surface area (Å²) >= 11 is 0. The molecule has 0 amide bonds. The Morgan fingerprint density at radius 2 is 1.85 bits per heavy atom. The number of carbonyl (C=O) groups is 1. The largest absolute Gasteiger partial charge is 0.461 e. The molecule has 0 aliphatic rings. The van der Waals surface area contributed by atoms with E-state index in [2.05, 4.69) is 28.6 Å². The van der Waals surface area contributed by atoms with E-state index in [4.69, 9.17) is 4.74 Å². The molecule has 1 heterocycles. The van der Waals surface area contributed by atoms with Crippen molar-refractivity contribution in [2.24, 2.45) is 7.05 Å². The molecule has 0 saturated heterocycles. The number of hydrogen-bond donors (Lipinski definition) is 1. The predicted molar refractivity (Wildman–Crippen MR) is 103 cm³/mol. The maximum absolute atomic E-state index is 12.5. The topological polar surface area (TPSA) is 93.5 Å². The van der Waals surface area contributed by atoms with E-state index in [1.807, 2.05) is 0 Å². The lowest BCUT2D eigenvalue weighted by Crippen LogP contribution is -2.27. The zero-order chi connectivity index (χ0) is 20.0. The number of aryl methyl sites for hydroxylation is 1. The summed E-state index contributed by atoms with van der Waals surface area (Å²) in [5.74, 6) is -0.431. The van der Waals surface area contributed by atoms with Gasteiger partial charge in [-0.1, -0.05) is 13.8 Å². The van der Waals surface area contributed by atoms with Gasteiger partial charge in [-0.3, -0.25) is 9.40 Å². The molecule has 1 N–H and O–H groups in total. The quantitative estimate of drug-likeness (QED) is 0.654. The fraction of sp³-hybridized carbons (Fsp3) is 0.444. The molecule has 0 spiro atoms. The molecule has 9 heteroatoms. The summed E-state index contributed by atoms with van der Waals surface area (Å²) in [4.78, 5) is 14.4. The molecule has 0 aliphatic carbocycles. The van der Waals surface area contributed by atoms with Crippen molar-refractivity contribution in [3.05, 3.63) is 41.7 Å². The Balaban J connectivity index is 1.98. The summed E-state index contributed by atoms with van der Waals surface area (Å²) in [6.07, 6.45) is 1.30. The van der Waals surface area contributed by atoms with Crippen molar-refractivity contribution in [3.8, 4) is 0 Å². The number of benzene rings is 1. The third kappa shape index (κ3) is 5.30. The van der Waals surface area contributed by atoms with E-state index in [1.54, 1.807) is 14.0 Å². The SMILES string of the molecule is CCN(CC)CCOC(=O)c1ccc(NS(=O)(=O)c2cnn(C)c2C)cc1. The van der Waals surface area contributed by atoms with Gasteiger partial charge in [0.1, 0.15) is 11.5 Å². The van der Waals surface area contributed by atoms with E-state index in [1.165, 1.54) is 35.1 Å². The fourth-order valence-corrected chi connectivity index (χ4v) is 3.78. The van der Waals surface area contributed by atoms with Crippen LogP contribution in [0.4, 0.5) is 5.69 Å². The van der Waals surface area contributed by atoms with Gasteiger partial charge in [0, 0.05) is 19.3 Å². The lowest BCUT2D eigenvalue weighted by Gasteiger charge is -2.17. The smallest absolute Gasteiger partial charge is 0.338 e. The summed E-state index contributed by atoms with van der Waals surface area (Å²) in [6.45, 7) is 8.59. The Kier molecular flexibility index (Phi) is 6.98. The molecule has 1 aromatic heterocycles. The molecule has 27 heavy (non-hydrogen) atoms. The zero-order valence-corrected chi connectivity index (χ0v) is 16.9. The highest BCUT2D eigenvalue weighted by Gasteiger charge is 2.20. The predicted octanol–water partition coefficient (Wildman–Crippen LogP) is 2.03. The van der Waals surface area contributed by atoms with Gasteiger partial charge in [-0.15, -0.1) is 0 Å². The molecule has 0 aliphatic heterocycles. The number of rotatable bonds is 9. The number of nitrogens with zero attached hydrogens (tertiary/aromatic N) is 3. The highest BCUT2D eigenvalue weighted by atomic mass is 32.2. The average Bonchev–Trinajstić information content (AvgIpc) is 2.98. The first-order valence-electron chi connectivity index (χ1n) is 8.79. The Labute approximate surface area is 160 Å².